The number of aromatic amines is 1. The van der Waals surface area contributed by atoms with Crippen LogP contribution in [0.25, 0.3) is 0 Å². The van der Waals surface area contributed by atoms with Gasteiger partial charge in [0.2, 0.25) is 5.79 Å². The molecule has 43 heavy (non-hydrogen) atoms. The Kier molecular flexibility index (Phi) is 5.56. The van der Waals surface area contributed by atoms with Gasteiger partial charge in [-0.15, -0.1) is 0 Å². The molecule has 12 heteroatoms. The lowest BCUT2D eigenvalue weighted by atomic mass is 9.43. The number of esters is 1. The Morgan fingerprint density at radius 3 is 2.42 bits per heavy atom. The first kappa shape index (κ1) is 28.9. The first-order chi connectivity index (χ1) is 20.1. The van der Waals surface area contributed by atoms with E-state index in [1.807, 2.05) is 6.07 Å². The van der Waals surface area contributed by atoms with E-state index in [1.54, 1.807) is 57.3 Å². The van der Waals surface area contributed by atoms with Gasteiger partial charge in [0.05, 0.1) is 5.41 Å². The van der Waals surface area contributed by atoms with Gasteiger partial charge in [-0.25, -0.2) is 10.2 Å². The molecule has 1 spiro atoms. The maximum atomic E-state index is 13.7. The highest BCUT2D eigenvalue weighted by Crippen LogP contribution is 2.84. The zero-order chi connectivity index (χ0) is 31.1. The molecule has 5 aliphatic rings. The molecule has 2 aromatic rings. The molecular formula is C31H39N3O9. The average molecular weight is 598 g/mol. The molecule has 5 heterocycles. The average Bonchev–Trinajstić information content (AvgIpc) is 3.53. The van der Waals surface area contributed by atoms with Crippen molar-refractivity contribution in [3.63, 3.8) is 0 Å². The van der Waals surface area contributed by atoms with Crippen molar-refractivity contribution in [2.45, 2.75) is 93.3 Å². The minimum Gasteiger partial charge on any atom is -0.450 e. The van der Waals surface area contributed by atoms with Crippen LogP contribution in [0.5, 0.6) is 0 Å². The molecule has 4 saturated heterocycles. The minimum absolute atomic E-state index is 0.0383. The topological polar surface area (TPSA) is 186 Å². The van der Waals surface area contributed by atoms with E-state index in [2.05, 4.69) is 22.4 Å². The quantitative estimate of drug-likeness (QED) is 0.136. The summed E-state index contributed by atoms with van der Waals surface area (Å²) < 4.78 is 19.3. The summed E-state index contributed by atoms with van der Waals surface area (Å²) in [5.74, 6) is -6.78. The molecule has 12 nitrogen and oxygen atoms in total. The highest BCUT2D eigenvalue weighted by Gasteiger charge is 3.04. The second-order valence-electron chi connectivity index (χ2n) is 13.6. The third-order valence-corrected chi connectivity index (χ3v) is 11.8. The largest absolute Gasteiger partial charge is 0.450 e. The number of hydrazine groups is 1. The Morgan fingerprint density at radius 2 is 1.79 bits per heavy atom. The number of H-pyrrole nitrogens is 1. The van der Waals surface area contributed by atoms with E-state index >= 15 is 0 Å². The summed E-state index contributed by atoms with van der Waals surface area (Å²) in [5.41, 5.74) is -5.62. The van der Waals surface area contributed by atoms with Crippen LogP contribution in [0.3, 0.4) is 0 Å². The fraction of sp³-hybridized carbons (Fsp3) is 0.581. The number of nitrogens with one attached hydrogen (secondary N) is 3. The van der Waals surface area contributed by atoms with Gasteiger partial charge in [-0.05, 0) is 55.5 Å². The van der Waals surface area contributed by atoms with E-state index in [0.29, 0.717) is 5.69 Å². The van der Waals surface area contributed by atoms with Crippen LogP contribution in [0.4, 0.5) is 5.69 Å². The van der Waals surface area contributed by atoms with E-state index in [9.17, 15) is 30.3 Å². The van der Waals surface area contributed by atoms with Crippen LogP contribution < -0.4 is 10.9 Å². The summed E-state index contributed by atoms with van der Waals surface area (Å²) in [4.78, 5) is 16.5. The van der Waals surface area contributed by atoms with Crippen LogP contribution in [-0.2, 0) is 14.2 Å². The van der Waals surface area contributed by atoms with E-state index < -0.39 is 69.0 Å². The number of rotatable bonds is 6. The van der Waals surface area contributed by atoms with Crippen molar-refractivity contribution in [2.75, 3.05) is 5.43 Å². The summed E-state index contributed by atoms with van der Waals surface area (Å²) in [5, 5.41) is 63.4. The summed E-state index contributed by atoms with van der Waals surface area (Å²) >= 11 is 0. The highest BCUT2D eigenvalue weighted by molar-refractivity contribution is 5.87. The lowest BCUT2D eigenvalue weighted by Crippen LogP contribution is -2.96. The van der Waals surface area contributed by atoms with Gasteiger partial charge in [0.1, 0.15) is 28.4 Å². The predicted molar refractivity (Wildman–Crippen MR) is 151 cm³/mol. The van der Waals surface area contributed by atoms with E-state index in [1.165, 1.54) is 13.0 Å². The summed E-state index contributed by atoms with van der Waals surface area (Å²) in [7, 11) is 0. The molecule has 7 rings (SSSR count). The number of aromatic nitrogens is 1. The predicted octanol–water partition coefficient (Wildman–Crippen LogP) is 1.29. The first-order valence-corrected chi connectivity index (χ1v) is 14.6. The van der Waals surface area contributed by atoms with Gasteiger partial charge in [0.25, 0.3) is 0 Å². The normalized spacial score (nSPS) is 49.3. The molecule has 0 amide bonds. The standard InChI is InChI=1S/C31H39N3O9/c1-17(2)28(39)23(41-22(36)20-12-9-15-32-20)30(34-33-19-10-7-6-8-11-19)24(4)16-27(38)25(28,5)31(40,43-30)29(42-27)21(35)18(3)13-14-26(24,29)37/h6-12,15,17,21,23,32-35,37-40H,3,13-14,16H2,1-2,4-5H3/t21-,23-,24+,25+,26+,27?,28-,29-,30+,31-/m1/s1. The van der Waals surface area contributed by atoms with E-state index in [4.69, 9.17) is 14.2 Å². The number of hydrogen-bond acceptors (Lipinski definition) is 11. The number of para-hydroxylation sites is 1. The molecule has 1 aromatic heterocycles. The molecule has 5 bridgehead atoms. The monoisotopic (exact) mass is 597 g/mol. The van der Waals surface area contributed by atoms with Crippen LogP contribution in [0.15, 0.2) is 60.8 Å². The molecule has 1 aromatic carbocycles. The van der Waals surface area contributed by atoms with Gasteiger partial charge in [0, 0.05) is 18.3 Å². The Labute approximate surface area is 248 Å². The maximum Gasteiger partial charge on any atom is 0.355 e. The van der Waals surface area contributed by atoms with Crippen LogP contribution >= 0.6 is 0 Å². The number of anilines is 1. The molecule has 1 saturated carbocycles. The van der Waals surface area contributed by atoms with Gasteiger partial charge in [-0.2, -0.15) is 0 Å². The smallest absolute Gasteiger partial charge is 0.355 e. The van der Waals surface area contributed by atoms with E-state index in [-0.39, 0.29) is 30.5 Å². The third-order valence-electron chi connectivity index (χ3n) is 11.8. The fourth-order valence-corrected chi connectivity index (χ4v) is 9.44. The number of hydrogen-bond donors (Lipinski definition) is 8. The van der Waals surface area contributed by atoms with Crippen LogP contribution in [-0.4, -0.2) is 82.8 Å². The lowest BCUT2D eigenvalue weighted by Gasteiger charge is -2.75. The summed E-state index contributed by atoms with van der Waals surface area (Å²) in [6.45, 7) is 10.3. The summed E-state index contributed by atoms with van der Waals surface area (Å²) in [6.07, 6.45) is -2.03. The molecule has 0 radical (unpaired) electrons. The number of aliphatic hydroxyl groups is 5. The first-order valence-electron chi connectivity index (χ1n) is 14.6. The summed E-state index contributed by atoms with van der Waals surface area (Å²) in [6, 6.07) is 12.1. The zero-order valence-corrected chi connectivity index (χ0v) is 24.5. The molecule has 1 unspecified atom stereocenters. The van der Waals surface area contributed by atoms with Crippen molar-refractivity contribution >= 4 is 11.7 Å². The van der Waals surface area contributed by atoms with Crippen molar-refractivity contribution in [1.82, 2.24) is 10.4 Å². The van der Waals surface area contributed by atoms with Crippen LogP contribution in [0.2, 0.25) is 0 Å². The van der Waals surface area contributed by atoms with Crippen molar-refractivity contribution in [1.29, 1.82) is 0 Å². The number of ether oxygens (including phenoxy) is 3. The van der Waals surface area contributed by atoms with Crippen LogP contribution in [0.1, 0.15) is 57.4 Å². The SMILES string of the molecule is C=C1CC[C@]2(O)[C@]3(C)CC4(O)O[C@@]2([C@@H]1O)[C@]1(O)O[C@@]3(NNc2ccccc2)[C@H](OC(=O)c2ccc[nH]2)[C@](O)(C(C)C)[C@]41C. The van der Waals surface area contributed by atoms with Gasteiger partial charge in [0.15, 0.2) is 23.2 Å². The second-order valence-corrected chi connectivity index (χ2v) is 13.6. The van der Waals surface area contributed by atoms with Crippen molar-refractivity contribution in [3.05, 3.63) is 66.5 Å². The second kappa shape index (κ2) is 8.26. The molecule has 8 N–H and O–H groups in total. The lowest BCUT2D eigenvalue weighted by molar-refractivity contribution is -0.520. The van der Waals surface area contributed by atoms with Gasteiger partial charge in [-0.3, -0.25) is 0 Å². The maximum absolute atomic E-state index is 13.7. The zero-order valence-electron chi connectivity index (χ0n) is 24.5. The van der Waals surface area contributed by atoms with Gasteiger partial charge < -0.3 is 50.2 Å². The van der Waals surface area contributed by atoms with Crippen molar-refractivity contribution < 1.29 is 44.5 Å². The minimum atomic E-state index is -2.75. The van der Waals surface area contributed by atoms with Crippen molar-refractivity contribution in [3.8, 4) is 0 Å². The molecule has 232 valence electrons. The molecule has 1 aliphatic carbocycles. The molecular weight excluding hydrogens is 558 g/mol. The number of benzene rings is 1. The van der Waals surface area contributed by atoms with Crippen molar-refractivity contribution in [2.24, 2.45) is 16.7 Å². The number of aliphatic hydroxyl groups excluding tert-OH is 1. The van der Waals surface area contributed by atoms with Gasteiger partial charge in [-0.1, -0.05) is 45.5 Å². The Hall–Kier alpha value is -2.81. The van der Waals surface area contributed by atoms with E-state index in [0.717, 1.165) is 0 Å². The van der Waals surface area contributed by atoms with Crippen LogP contribution in [0, 0.1) is 16.7 Å². The number of carbonyl (C=O) groups is 1. The molecule has 4 aliphatic heterocycles. The highest BCUT2D eigenvalue weighted by atomic mass is 16.8. The Bertz CT molecular complexity index is 1500. The third kappa shape index (κ3) is 2.72. The Morgan fingerprint density at radius 1 is 1.09 bits per heavy atom. The molecule has 5 fully saturated rings. The number of carbonyl (C=O) groups excluding carboxylic acids is 1. The van der Waals surface area contributed by atoms with Gasteiger partial charge >= 0.3 is 5.97 Å². The number of fused-ring (bicyclic) bond motifs is 4. The fourth-order valence-electron chi connectivity index (χ4n) is 9.44. The molecule has 10 atom stereocenters. The Balaban J connectivity index is 1.55.